The molecule has 0 aliphatic heterocycles. The van der Waals surface area contributed by atoms with Gasteiger partial charge in [0, 0.05) is 0 Å². The second-order valence-electron chi connectivity index (χ2n) is 0.793. The fourth-order valence-electron chi connectivity index (χ4n) is 0.105. The summed E-state index contributed by atoms with van der Waals surface area (Å²) >= 11 is 0. The Bertz CT molecular complexity index is 31.2. The molecular weight excluding hydrogens is 88.1 g/mol. The molecule has 0 saturated heterocycles. The van der Waals surface area contributed by atoms with E-state index in [1.165, 1.54) is 0 Å². The van der Waals surface area contributed by atoms with Gasteiger partial charge in [-0.3, -0.25) is 0 Å². The van der Waals surface area contributed by atoms with E-state index in [2.05, 4.69) is 0 Å². The van der Waals surface area contributed by atoms with E-state index < -0.39 is 0 Å². The minimum Gasteiger partial charge on any atom is -0.516 e. The Labute approximate surface area is 45.7 Å². The molecule has 1 nitrogen and oxygen atoms in total. The third-order valence-corrected chi connectivity index (χ3v) is 0.341. The van der Waals surface area contributed by atoms with Crippen LogP contribution in [0.3, 0.4) is 0 Å². The predicted molar refractivity (Wildman–Crippen MR) is 33.4 cm³/mol. The molecule has 0 amide bonds. The van der Waals surface area contributed by atoms with E-state index in [1.54, 1.807) is 6.08 Å². The van der Waals surface area contributed by atoms with Gasteiger partial charge in [0.05, 0.1) is 6.26 Å². The summed E-state index contributed by atoms with van der Waals surface area (Å²) in [5, 5.41) is 7.89. The molecule has 0 aromatic carbocycles. The highest BCUT2D eigenvalue weighted by molar-refractivity contribution is 4.66. The third-order valence-electron chi connectivity index (χ3n) is 0.341. The summed E-state index contributed by atoms with van der Waals surface area (Å²) in [6, 6.07) is 0. The summed E-state index contributed by atoms with van der Waals surface area (Å²) in [4.78, 5) is 0. The zero-order valence-electron chi connectivity index (χ0n) is 5.31. The van der Waals surface area contributed by atoms with Gasteiger partial charge in [0.15, 0.2) is 0 Å². The quantitative estimate of drug-likeness (QED) is 0.504. The van der Waals surface area contributed by atoms with Gasteiger partial charge in [-0.2, -0.15) is 0 Å². The highest BCUT2D eigenvalue weighted by Gasteiger charge is 1.53. The topological polar surface area (TPSA) is 20.2 Å². The van der Waals surface area contributed by atoms with E-state index in [-0.39, 0.29) is 0 Å². The van der Waals surface area contributed by atoms with Crippen LogP contribution in [-0.4, -0.2) is 5.11 Å². The van der Waals surface area contributed by atoms with Crippen molar-refractivity contribution in [2.75, 3.05) is 0 Å². The Kier molecular flexibility index (Phi) is 24.6. The molecule has 0 heterocycles. The Morgan fingerprint density at radius 2 is 1.86 bits per heavy atom. The molecule has 0 fully saturated rings. The predicted octanol–water partition coefficient (Wildman–Crippen LogP) is 2.49. The summed E-state index contributed by atoms with van der Waals surface area (Å²) in [7, 11) is 0. The molecule has 0 aliphatic rings. The molecule has 0 unspecified atom stereocenters. The second kappa shape index (κ2) is 17.7. The van der Waals surface area contributed by atoms with Crippen molar-refractivity contribution in [3.8, 4) is 0 Å². The van der Waals surface area contributed by atoms with Crippen LogP contribution in [0.4, 0.5) is 0 Å². The fourth-order valence-corrected chi connectivity index (χ4v) is 0.105. The average molecular weight is 102 g/mol. The number of rotatable bonds is 1. The average Bonchev–Trinajstić information content (AvgIpc) is 1.75. The molecule has 1 N–H and O–H groups in total. The lowest BCUT2D eigenvalue weighted by molar-refractivity contribution is 0.471. The van der Waals surface area contributed by atoms with Crippen molar-refractivity contribution >= 4 is 0 Å². The van der Waals surface area contributed by atoms with Crippen molar-refractivity contribution in [1.82, 2.24) is 0 Å². The first-order valence-electron chi connectivity index (χ1n) is 2.71. The minimum atomic E-state index is 0.913. The van der Waals surface area contributed by atoms with Crippen LogP contribution in [0.15, 0.2) is 12.3 Å². The Hall–Kier alpha value is -0.460. The van der Waals surface area contributed by atoms with Gasteiger partial charge in [-0.1, -0.05) is 26.8 Å². The monoisotopic (exact) mass is 102 g/mol. The minimum absolute atomic E-state index is 0.913. The number of hydrogen-bond acceptors (Lipinski definition) is 1. The Balaban J connectivity index is 0. The molecule has 0 aromatic heterocycles. The molecule has 0 aliphatic carbocycles. The summed E-state index contributed by atoms with van der Waals surface area (Å²) in [5.74, 6) is 0. The van der Waals surface area contributed by atoms with Gasteiger partial charge >= 0.3 is 0 Å². The molecule has 0 bridgehead atoms. The first kappa shape index (κ1) is 9.74. The summed E-state index contributed by atoms with van der Waals surface area (Å²) < 4.78 is 0. The largest absolute Gasteiger partial charge is 0.516 e. The van der Waals surface area contributed by atoms with Crippen LogP contribution in [0.5, 0.6) is 0 Å². The van der Waals surface area contributed by atoms with Gasteiger partial charge in [0.1, 0.15) is 0 Å². The number of allylic oxidation sites excluding steroid dienone is 1. The molecule has 1 heteroatoms. The number of hydrogen-bond donors (Lipinski definition) is 1. The standard InChI is InChI=1S/C4H8O.C2H6/c1-2-3-4-5;1-2/h3-5H,2H2,1H3;1-2H3/b4-3+;. The van der Waals surface area contributed by atoms with Crippen molar-refractivity contribution in [2.45, 2.75) is 27.2 Å². The summed E-state index contributed by atoms with van der Waals surface area (Å²) in [5.41, 5.74) is 0. The lowest BCUT2D eigenvalue weighted by Crippen LogP contribution is -1.48. The van der Waals surface area contributed by atoms with Crippen LogP contribution >= 0.6 is 0 Å². The maximum absolute atomic E-state index is 7.89. The van der Waals surface area contributed by atoms with Gasteiger partial charge < -0.3 is 5.11 Å². The number of aliphatic hydroxyl groups is 1. The van der Waals surface area contributed by atoms with Crippen LogP contribution in [-0.2, 0) is 0 Å². The van der Waals surface area contributed by atoms with Gasteiger partial charge in [-0.15, -0.1) is 0 Å². The lowest BCUT2D eigenvalue weighted by Gasteiger charge is -1.65. The second-order valence-corrected chi connectivity index (χ2v) is 0.793. The number of aliphatic hydroxyl groups excluding tert-OH is 1. The summed E-state index contributed by atoms with van der Waals surface area (Å²) in [6.07, 6.45) is 3.65. The molecule has 0 atom stereocenters. The lowest BCUT2D eigenvalue weighted by atomic mass is 10.5. The van der Waals surface area contributed by atoms with Crippen molar-refractivity contribution in [1.29, 1.82) is 0 Å². The van der Waals surface area contributed by atoms with Gasteiger partial charge in [-0.05, 0) is 6.42 Å². The summed E-state index contributed by atoms with van der Waals surface area (Å²) in [6.45, 7) is 5.96. The van der Waals surface area contributed by atoms with Crippen molar-refractivity contribution in [3.05, 3.63) is 12.3 Å². The fraction of sp³-hybridized carbons (Fsp3) is 0.667. The molecule has 0 spiro atoms. The van der Waals surface area contributed by atoms with E-state index in [0.717, 1.165) is 12.7 Å². The van der Waals surface area contributed by atoms with Crippen molar-refractivity contribution < 1.29 is 5.11 Å². The highest BCUT2D eigenvalue weighted by atomic mass is 16.2. The van der Waals surface area contributed by atoms with Gasteiger partial charge in [0.2, 0.25) is 0 Å². The first-order valence-corrected chi connectivity index (χ1v) is 2.71. The van der Waals surface area contributed by atoms with Gasteiger partial charge in [0.25, 0.3) is 0 Å². The maximum Gasteiger partial charge on any atom is 0.0751 e. The van der Waals surface area contributed by atoms with E-state index in [9.17, 15) is 0 Å². The molecule has 0 radical (unpaired) electrons. The van der Waals surface area contributed by atoms with E-state index in [1.807, 2.05) is 20.8 Å². The zero-order chi connectivity index (χ0) is 6.12. The van der Waals surface area contributed by atoms with Crippen molar-refractivity contribution in [3.63, 3.8) is 0 Å². The molecule has 44 valence electrons. The SMILES string of the molecule is CC.CC/C=C/O. The van der Waals surface area contributed by atoms with Crippen LogP contribution in [0.25, 0.3) is 0 Å². The first-order chi connectivity index (χ1) is 3.41. The Morgan fingerprint density at radius 1 is 1.43 bits per heavy atom. The van der Waals surface area contributed by atoms with E-state index in [0.29, 0.717) is 0 Å². The normalized spacial score (nSPS) is 7.86. The maximum atomic E-state index is 7.89. The van der Waals surface area contributed by atoms with Crippen molar-refractivity contribution in [2.24, 2.45) is 0 Å². The molecule has 0 rings (SSSR count). The van der Waals surface area contributed by atoms with E-state index in [4.69, 9.17) is 5.11 Å². The van der Waals surface area contributed by atoms with Crippen LogP contribution in [0.2, 0.25) is 0 Å². The smallest absolute Gasteiger partial charge is 0.0751 e. The van der Waals surface area contributed by atoms with Crippen LogP contribution < -0.4 is 0 Å². The van der Waals surface area contributed by atoms with Crippen LogP contribution in [0, 0.1) is 0 Å². The zero-order valence-corrected chi connectivity index (χ0v) is 5.31. The van der Waals surface area contributed by atoms with E-state index >= 15 is 0 Å². The molecular formula is C6H14O. The molecule has 0 aromatic rings. The molecule has 0 saturated carbocycles. The highest BCUT2D eigenvalue weighted by Crippen LogP contribution is 1.71. The third kappa shape index (κ3) is 29.3. The Morgan fingerprint density at radius 3 is 1.86 bits per heavy atom. The van der Waals surface area contributed by atoms with Gasteiger partial charge in [-0.25, -0.2) is 0 Å². The molecule has 7 heavy (non-hydrogen) atoms. The van der Waals surface area contributed by atoms with Crippen LogP contribution in [0.1, 0.15) is 27.2 Å².